The first kappa shape index (κ1) is 20.1. The Balaban J connectivity index is 1.46. The molecular weight excluding hydrogens is 406 g/mol. The number of hydrogen-bond donors (Lipinski definition) is 3. The molecule has 1 aliphatic carbocycles. The Hall–Kier alpha value is -1.60. The van der Waals surface area contributed by atoms with Gasteiger partial charge in [0.05, 0.1) is 6.54 Å². The molecule has 0 spiro atoms. The van der Waals surface area contributed by atoms with E-state index in [9.17, 15) is 4.79 Å². The molecule has 1 saturated carbocycles. The van der Waals surface area contributed by atoms with E-state index in [1.807, 2.05) is 0 Å². The summed E-state index contributed by atoms with van der Waals surface area (Å²) in [5.41, 5.74) is 1.38. The van der Waals surface area contributed by atoms with Gasteiger partial charge in [-0.15, -0.1) is 0 Å². The van der Waals surface area contributed by atoms with E-state index in [4.69, 9.17) is 0 Å². The molecule has 3 rings (SSSR count). The number of nitrogens with zero attached hydrogens (tertiary/aromatic N) is 2. The normalized spacial score (nSPS) is 23.7. The Morgan fingerprint density at radius 2 is 1.93 bits per heavy atom. The van der Waals surface area contributed by atoms with Crippen LogP contribution >= 0.6 is 15.9 Å². The highest BCUT2D eigenvalue weighted by Crippen LogP contribution is 2.41. The monoisotopic (exact) mass is 435 g/mol. The van der Waals surface area contributed by atoms with Gasteiger partial charge >= 0.3 is 0 Å². The second-order valence-corrected chi connectivity index (χ2v) is 8.25. The summed E-state index contributed by atoms with van der Waals surface area (Å²) < 4.78 is 1.12. The number of amides is 1. The Morgan fingerprint density at radius 1 is 1.22 bits per heavy atom. The Bertz CT molecular complexity index is 655. The van der Waals surface area contributed by atoms with Crippen LogP contribution in [-0.2, 0) is 4.79 Å². The van der Waals surface area contributed by atoms with Gasteiger partial charge in [0.25, 0.3) is 0 Å². The van der Waals surface area contributed by atoms with E-state index in [0.29, 0.717) is 24.5 Å². The molecule has 6 nitrogen and oxygen atoms in total. The molecule has 2 aliphatic rings. The van der Waals surface area contributed by atoms with Crippen LogP contribution in [0.25, 0.3) is 0 Å². The van der Waals surface area contributed by atoms with Crippen molar-refractivity contribution in [2.24, 2.45) is 4.99 Å². The number of nitrogens with one attached hydrogen (secondary N) is 3. The zero-order chi connectivity index (χ0) is 19.2. The number of likely N-dealkylation sites (tertiary alicyclic amines) is 1. The van der Waals surface area contributed by atoms with Crippen molar-refractivity contribution in [2.75, 3.05) is 33.2 Å². The van der Waals surface area contributed by atoms with E-state index in [2.05, 4.69) is 73.0 Å². The predicted molar refractivity (Wildman–Crippen MR) is 113 cm³/mol. The summed E-state index contributed by atoms with van der Waals surface area (Å²) in [6.07, 6.45) is 3.21. The largest absolute Gasteiger partial charge is 0.358 e. The smallest absolute Gasteiger partial charge is 0.233 e. The molecular formula is C20H30BrN5O. The summed E-state index contributed by atoms with van der Waals surface area (Å²) in [6, 6.07) is 9.48. The van der Waals surface area contributed by atoms with Crippen LogP contribution in [0.3, 0.4) is 0 Å². The van der Waals surface area contributed by atoms with Gasteiger partial charge in [-0.1, -0.05) is 28.1 Å². The highest BCUT2D eigenvalue weighted by Gasteiger charge is 2.39. The summed E-state index contributed by atoms with van der Waals surface area (Å²) in [5.74, 6) is 1.58. The van der Waals surface area contributed by atoms with Crippen molar-refractivity contribution in [3.8, 4) is 0 Å². The van der Waals surface area contributed by atoms with Crippen LogP contribution < -0.4 is 16.0 Å². The average molecular weight is 436 g/mol. The lowest BCUT2D eigenvalue weighted by molar-refractivity contribution is -0.122. The van der Waals surface area contributed by atoms with Gasteiger partial charge in [0, 0.05) is 49.2 Å². The van der Waals surface area contributed by atoms with Crippen molar-refractivity contribution in [3.05, 3.63) is 34.3 Å². The molecule has 2 fully saturated rings. The van der Waals surface area contributed by atoms with Gasteiger partial charge in [0.2, 0.25) is 5.91 Å². The second-order valence-electron chi connectivity index (χ2n) is 7.34. The summed E-state index contributed by atoms with van der Waals surface area (Å²) in [6.45, 7) is 5.20. The Kier molecular flexibility index (Phi) is 7.13. The minimum absolute atomic E-state index is 0.0871. The number of rotatable bonds is 6. The fraction of sp³-hybridized carbons (Fsp3) is 0.600. The van der Waals surface area contributed by atoms with Gasteiger partial charge in [0.15, 0.2) is 5.96 Å². The van der Waals surface area contributed by atoms with E-state index in [1.165, 1.54) is 5.56 Å². The molecule has 1 aromatic carbocycles. The Labute approximate surface area is 170 Å². The zero-order valence-electron chi connectivity index (χ0n) is 16.2. The van der Waals surface area contributed by atoms with E-state index in [-0.39, 0.29) is 5.91 Å². The quantitative estimate of drug-likeness (QED) is 0.472. The first-order valence-corrected chi connectivity index (χ1v) is 10.6. The van der Waals surface area contributed by atoms with Crippen LogP contribution in [0.1, 0.15) is 37.7 Å². The standard InChI is InChI=1S/C20H30BrN5O/c1-3-23-20(24-16-8-10-26(11-9-16)13-19(27)22-2)25-18-12-17(18)14-4-6-15(21)7-5-14/h4-7,16-18H,3,8-13H2,1-2H3,(H,22,27)(H2,23,24,25). The molecule has 0 bridgehead atoms. The van der Waals surface area contributed by atoms with E-state index < -0.39 is 0 Å². The van der Waals surface area contributed by atoms with Crippen LogP contribution in [0.4, 0.5) is 0 Å². The summed E-state index contributed by atoms with van der Waals surface area (Å²) >= 11 is 3.50. The van der Waals surface area contributed by atoms with E-state index in [1.54, 1.807) is 7.05 Å². The molecule has 1 aliphatic heterocycles. The molecule has 148 valence electrons. The zero-order valence-corrected chi connectivity index (χ0v) is 17.8. The van der Waals surface area contributed by atoms with Gasteiger partial charge < -0.3 is 16.0 Å². The molecule has 1 heterocycles. The first-order chi connectivity index (χ1) is 13.1. The number of likely N-dealkylation sites (N-methyl/N-ethyl adjacent to an activating group) is 1. The third kappa shape index (κ3) is 5.94. The minimum atomic E-state index is 0.0871. The fourth-order valence-corrected chi connectivity index (χ4v) is 3.87. The van der Waals surface area contributed by atoms with Crippen molar-refractivity contribution in [1.29, 1.82) is 0 Å². The molecule has 1 saturated heterocycles. The molecule has 3 N–H and O–H groups in total. The molecule has 7 heteroatoms. The molecule has 0 aromatic heterocycles. The van der Waals surface area contributed by atoms with Crippen LogP contribution in [0.2, 0.25) is 0 Å². The number of piperidine rings is 1. The lowest BCUT2D eigenvalue weighted by Crippen LogP contribution is -2.50. The lowest BCUT2D eigenvalue weighted by atomic mass is 10.1. The van der Waals surface area contributed by atoms with E-state index in [0.717, 1.165) is 49.3 Å². The topological polar surface area (TPSA) is 68.8 Å². The maximum atomic E-state index is 11.5. The lowest BCUT2D eigenvalue weighted by Gasteiger charge is -2.32. The fourth-order valence-electron chi connectivity index (χ4n) is 3.61. The highest BCUT2D eigenvalue weighted by molar-refractivity contribution is 9.10. The van der Waals surface area contributed by atoms with Crippen molar-refractivity contribution < 1.29 is 4.79 Å². The van der Waals surface area contributed by atoms with Crippen LogP contribution in [0.15, 0.2) is 33.7 Å². The SMILES string of the molecule is CCN=C(NC1CCN(CC(=O)NC)CC1)NC1CC1c1ccc(Br)cc1. The number of carbonyl (C=O) groups is 1. The number of benzene rings is 1. The first-order valence-electron chi connectivity index (χ1n) is 9.85. The van der Waals surface area contributed by atoms with Gasteiger partial charge in [-0.05, 0) is 43.9 Å². The number of halogens is 1. The minimum Gasteiger partial charge on any atom is -0.358 e. The molecule has 0 radical (unpaired) electrons. The summed E-state index contributed by atoms with van der Waals surface area (Å²) in [7, 11) is 1.69. The molecule has 2 atom stereocenters. The maximum absolute atomic E-state index is 11.5. The predicted octanol–water partition coefficient (Wildman–Crippen LogP) is 2.07. The van der Waals surface area contributed by atoms with Crippen molar-refractivity contribution in [2.45, 2.75) is 44.2 Å². The van der Waals surface area contributed by atoms with Gasteiger partial charge in [-0.2, -0.15) is 0 Å². The average Bonchev–Trinajstić information content (AvgIpc) is 3.43. The third-order valence-electron chi connectivity index (χ3n) is 5.30. The number of guanidine groups is 1. The van der Waals surface area contributed by atoms with Crippen molar-refractivity contribution in [1.82, 2.24) is 20.9 Å². The summed E-state index contributed by atoms with van der Waals surface area (Å²) in [5, 5.41) is 9.90. The molecule has 27 heavy (non-hydrogen) atoms. The van der Waals surface area contributed by atoms with Gasteiger partial charge in [-0.25, -0.2) is 0 Å². The number of aliphatic imine (C=N–C) groups is 1. The van der Waals surface area contributed by atoms with Gasteiger partial charge in [-0.3, -0.25) is 14.7 Å². The highest BCUT2D eigenvalue weighted by atomic mass is 79.9. The molecule has 1 aromatic rings. The summed E-state index contributed by atoms with van der Waals surface area (Å²) in [4.78, 5) is 18.4. The second kappa shape index (κ2) is 9.55. The van der Waals surface area contributed by atoms with Crippen LogP contribution in [0.5, 0.6) is 0 Å². The third-order valence-corrected chi connectivity index (χ3v) is 5.83. The maximum Gasteiger partial charge on any atom is 0.233 e. The van der Waals surface area contributed by atoms with Crippen LogP contribution in [-0.4, -0.2) is 62.1 Å². The molecule has 2 unspecified atom stereocenters. The Morgan fingerprint density at radius 3 is 2.56 bits per heavy atom. The molecule has 1 amide bonds. The number of hydrogen-bond acceptors (Lipinski definition) is 3. The van der Waals surface area contributed by atoms with Crippen LogP contribution in [0, 0.1) is 0 Å². The number of carbonyl (C=O) groups excluding carboxylic acids is 1. The van der Waals surface area contributed by atoms with Crippen molar-refractivity contribution in [3.63, 3.8) is 0 Å². The van der Waals surface area contributed by atoms with Gasteiger partial charge in [0.1, 0.15) is 0 Å². The van der Waals surface area contributed by atoms with E-state index >= 15 is 0 Å². The van der Waals surface area contributed by atoms with Crippen molar-refractivity contribution >= 4 is 27.8 Å².